The zero-order valence-electron chi connectivity index (χ0n) is 8.46. The third kappa shape index (κ3) is 2.31. The van der Waals surface area contributed by atoms with Gasteiger partial charge in [0.1, 0.15) is 0 Å². The van der Waals surface area contributed by atoms with Crippen LogP contribution in [0.4, 0.5) is 11.4 Å². The number of nitrogen functional groups attached to an aromatic ring is 1. The van der Waals surface area contributed by atoms with E-state index in [1.54, 1.807) is 12.1 Å². The molecule has 2 rings (SSSR count). The molecule has 3 N–H and O–H groups in total. The van der Waals surface area contributed by atoms with E-state index in [1.807, 2.05) is 6.07 Å². The first-order valence-electron chi connectivity index (χ1n) is 4.94. The molecule has 2 unspecified atom stereocenters. The first-order valence-corrected chi connectivity index (χ1v) is 5.73. The number of carbonyl (C=O) groups is 1. The van der Waals surface area contributed by atoms with Crippen molar-refractivity contribution in [3.8, 4) is 0 Å². The van der Waals surface area contributed by atoms with Gasteiger partial charge in [-0.1, -0.05) is 6.92 Å². The number of rotatable bonds is 2. The molecule has 1 aromatic rings. The highest BCUT2D eigenvalue weighted by molar-refractivity contribution is 9.10. The highest BCUT2D eigenvalue weighted by Crippen LogP contribution is 2.39. The van der Waals surface area contributed by atoms with Crippen LogP contribution < -0.4 is 11.1 Å². The molecule has 0 heterocycles. The summed E-state index contributed by atoms with van der Waals surface area (Å²) >= 11 is 3.37. The van der Waals surface area contributed by atoms with Crippen LogP contribution in [0.1, 0.15) is 13.3 Å². The van der Waals surface area contributed by atoms with Crippen LogP contribution in [0.25, 0.3) is 0 Å². The molecule has 1 fully saturated rings. The fraction of sp³-hybridized carbons (Fsp3) is 0.364. The predicted octanol–water partition coefficient (Wildman–Crippen LogP) is 2.63. The van der Waals surface area contributed by atoms with Crippen molar-refractivity contribution in [2.75, 3.05) is 11.1 Å². The molecule has 0 saturated heterocycles. The van der Waals surface area contributed by atoms with E-state index in [4.69, 9.17) is 5.73 Å². The molecule has 3 nitrogen and oxygen atoms in total. The Labute approximate surface area is 97.2 Å². The predicted molar refractivity (Wildman–Crippen MR) is 64.5 cm³/mol. The SMILES string of the molecule is CC1CC1C(=O)Nc1cc(N)ccc1Br. The van der Waals surface area contributed by atoms with Crippen molar-refractivity contribution < 1.29 is 4.79 Å². The summed E-state index contributed by atoms with van der Waals surface area (Å²) in [5.74, 6) is 0.789. The van der Waals surface area contributed by atoms with Crippen LogP contribution in [-0.2, 0) is 4.79 Å². The van der Waals surface area contributed by atoms with Crippen LogP contribution in [0.5, 0.6) is 0 Å². The minimum Gasteiger partial charge on any atom is -0.399 e. The maximum absolute atomic E-state index is 11.7. The van der Waals surface area contributed by atoms with Crippen LogP contribution in [-0.4, -0.2) is 5.91 Å². The quantitative estimate of drug-likeness (QED) is 0.811. The van der Waals surface area contributed by atoms with E-state index >= 15 is 0 Å². The first-order chi connectivity index (χ1) is 7.08. The van der Waals surface area contributed by atoms with Crippen LogP contribution in [0.15, 0.2) is 22.7 Å². The molecule has 1 aliphatic rings. The molecule has 0 radical (unpaired) electrons. The summed E-state index contributed by atoms with van der Waals surface area (Å²) in [7, 11) is 0. The average molecular weight is 269 g/mol. The average Bonchev–Trinajstić information content (AvgIpc) is 2.89. The van der Waals surface area contributed by atoms with E-state index < -0.39 is 0 Å². The summed E-state index contributed by atoms with van der Waals surface area (Å²) in [4.78, 5) is 11.7. The molecule has 0 spiro atoms. The highest BCUT2D eigenvalue weighted by Gasteiger charge is 2.39. The van der Waals surface area contributed by atoms with Gasteiger partial charge in [-0.25, -0.2) is 0 Å². The van der Waals surface area contributed by atoms with E-state index in [0.29, 0.717) is 11.6 Å². The molecule has 1 saturated carbocycles. The normalized spacial score (nSPS) is 23.6. The van der Waals surface area contributed by atoms with Crippen molar-refractivity contribution in [3.05, 3.63) is 22.7 Å². The Morgan fingerprint density at radius 1 is 1.60 bits per heavy atom. The third-order valence-corrected chi connectivity index (χ3v) is 3.39. The summed E-state index contributed by atoms with van der Waals surface area (Å²) in [5, 5.41) is 2.88. The fourth-order valence-electron chi connectivity index (χ4n) is 1.55. The number of nitrogens with one attached hydrogen (secondary N) is 1. The molecule has 2 atom stereocenters. The van der Waals surface area contributed by atoms with E-state index in [-0.39, 0.29) is 11.8 Å². The number of hydrogen-bond donors (Lipinski definition) is 2. The van der Waals surface area contributed by atoms with Crippen molar-refractivity contribution in [2.45, 2.75) is 13.3 Å². The smallest absolute Gasteiger partial charge is 0.227 e. The van der Waals surface area contributed by atoms with Crippen LogP contribution in [0.3, 0.4) is 0 Å². The summed E-state index contributed by atoms with van der Waals surface area (Å²) in [5.41, 5.74) is 7.05. The molecule has 80 valence electrons. The minimum atomic E-state index is 0.0915. The molecule has 0 aliphatic heterocycles. The molecule has 4 heteroatoms. The van der Waals surface area contributed by atoms with Gasteiger partial charge in [0.15, 0.2) is 0 Å². The molecule has 0 bridgehead atoms. The Morgan fingerprint density at radius 2 is 2.27 bits per heavy atom. The molecule has 1 aliphatic carbocycles. The van der Waals surface area contributed by atoms with Gasteiger partial charge in [0.05, 0.1) is 5.69 Å². The number of benzene rings is 1. The van der Waals surface area contributed by atoms with Gasteiger partial charge in [-0.3, -0.25) is 4.79 Å². The van der Waals surface area contributed by atoms with Crippen molar-refractivity contribution in [1.29, 1.82) is 0 Å². The van der Waals surface area contributed by atoms with Gasteiger partial charge in [0.25, 0.3) is 0 Å². The molecular formula is C11H13BrN2O. The van der Waals surface area contributed by atoms with Crippen molar-refractivity contribution in [1.82, 2.24) is 0 Å². The fourth-order valence-corrected chi connectivity index (χ4v) is 1.90. The van der Waals surface area contributed by atoms with Gasteiger partial charge in [-0.05, 0) is 46.5 Å². The van der Waals surface area contributed by atoms with Crippen molar-refractivity contribution in [3.63, 3.8) is 0 Å². The lowest BCUT2D eigenvalue weighted by Gasteiger charge is -2.07. The van der Waals surface area contributed by atoms with Gasteiger partial charge >= 0.3 is 0 Å². The maximum atomic E-state index is 11.7. The van der Waals surface area contributed by atoms with E-state index in [2.05, 4.69) is 28.2 Å². The zero-order valence-corrected chi connectivity index (χ0v) is 10.0. The van der Waals surface area contributed by atoms with E-state index in [9.17, 15) is 4.79 Å². The Balaban J connectivity index is 2.10. The van der Waals surface area contributed by atoms with E-state index in [1.165, 1.54) is 0 Å². The van der Waals surface area contributed by atoms with Gasteiger partial charge in [-0.2, -0.15) is 0 Å². The highest BCUT2D eigenvalue weighted by atomic mass is 79.9. The molecule has 15 heavy (non-hydrogen) atoms. The van der Waals surface area contributed by atoms with Crippen LogP contribution in [0, 0.1) is 11.8 Å². The number of amides is 1. The van der Waals surface area contributed by atoms with Gasteiger partial charge in [-0.15, -0.1) is 0 Å². The minimum absolute atomic E-state index is 0.0915. The molecule has 1 amide bonds. The van der Waals surface area contributed by atoms with Crippen molar-refractivity contribution >= 4 is 33.2 Å². The second-order valence-electron chi connectivity index (χ2n) is 4.05. The van der Waals surface area contributed by atoms with E-state index in [0.717, 1.165) is 16.6 Å². The number of nitrogens with two attached hydrogens (primary N) is 1. The van der Waals surface area contributed by atoms with Crippen LogP contribution in [0.2, 0.25) is 0 Å². The number of anilines is 2. The van der Waals surface area contributed by atoms with Crippen LogP contribution >= 0.6 is 15.9 Å². The molecule has 0 aromatic heterocycles. The van der Waals surface area contributed by atoms with Gasteiger partial charge < -0.3 is 11.1 Å². The number of carbonyl (C=O) groups excluding carboxylic acids is 1. The van der Waals surface area contributed by atoms with Gasteiger partial charge in [0.2, 0.25) is 5.91 Å². The topological polar surface area (TPSA) is 55.1 Å². The second-order valence-corrected chi connectivity index (χ2v) is 4.90. The monoisotopic (exact) mass is 268 g/mol. The second kappa shape index (κ2) is 3.85. The lowest BCUT2D eigenvalue weighted by Crippen LogP contribution is -2.14. The summed E-state index contributed by atoms with van der Waals surface area (Å²) in [6, 6.07) is 5.38. The summed E-state index contributed by atoms with van der Waals surface area (Å²) in [6.45, 7) is 2.08. The Bertz CT molecular complexity index is 406. The first kappa shape index (κ1) is 10.5. The van der Waals surface area contributed by atoms with Crippen molar-refractivity contribution in [2.24, 2.45) is 11.8 Å². The lowest BCUT2D eigenvalue weighted by atomic mass is 10.2. The summed E-state index contributed by atoms with van der Waals surface area (Å²) < 4.78 is 0.860. The summed E-state index contributed by atoms with van der Waals surface area (Å²) in [6.07, 6.45) is 0.992. The molecular weight excluding hydrogens is 256 g/mol. The third-order valence-electron chi connectivity index (χ3n) is 2.69. The van der Waals surface area contributed by atoms with Gasteiger partial charge in [0, 0.05) is 16.1 Å². The zero-order chi connectivity index (χ0) is 11.0. The number of halogens is 1. The maximum Gasteiger partial charge on any atom is 0.227 e. The Morgan fingerprint density at radius 3 is 2.87 bits per heavy atom. The molecule has 1 aromatic carbocycles. The standard InChI is InChI=1S/C11H13BrN2O/c1-6-4-8(6)11(15)14-10-5-7(13)2-3-9(10)12/h2-3,5-6,8H,4,13H2,1H3,(H,14,15). The Kier molecular flexibility index (Phi) is 2.69. The Hall–Kier alpha value is -1.03. The lowest BCUT2D eigenvalue weighted by molar-refractivity contribution is -0.117. The number of hydrogen-bond acceptors (Lipinski definition) is 2. The largest absolute Gasteiger partial charge is 0.399 e.